The second kappa shape index (κ2) is 9.41. The predicted molar refractivity (Wildman–Crippen MR) is 93.6 cm³/mol. The quantitative estimate of drug-likeness (QED) is 0.669. The minimum Gasteiger partial charge on any atom is -0.371 e. The van der Waals surface area contributed by atoms with Gasteiger partial charge in [0.15, 0.2) is 0 Å². The highest BCUT2D eigenvalue weighted by atomic mass is 79.9. The van der Waals surface area contributed by atoms with Gasteiger partial charge in [-0.15, -0.1) is 0 Å². The van der Waals surface area contributed by atoms with Crippen LogP contribution in [0.25, 0.3) is 0 Å². The Morgan fingerprint density at radius 2 is 1.75 bits per heavy atom. The van der Waals surface area contributed by atoms with Gasteiger partial charge in [0.25, 0.3) is 0 Å². The van der Waals surface area contributed by atoms with Crippen molar-refractivity contribution in [2.24, 2.45) is 0 Å². The van der Waals surface area contributed by atoms with E-state index >= 15 is 0 Å². The monoisotopic (exact) mass is 340 g/mol. The summed E-state index contributed by atoms with van der Waals surface area (Å²) in [4.78, 5) is 2.56. The molecule has 0 saturated heterocycles. The van der Waals surface area contributed by atoms with Gasteiger partial charge in [0.1, 0.15) is 0 Å². The molecular formula is C17H29BrN2. The first-order valence-corrected chi connectivity index (χ1v) is 8.64. The van der Waals surface area contributed by atoms with Crippen molar-refractivity contribution in [1.82, 2.24) is 5.32 Å². The van der Waals surface area contributed by atoms with Crippen LogP contribution in [0.2, 0.25) is 0 Å². The number of anilines is 1. The lowest BCUT2D eigenvalue weighted by Crippen LogP contribution is -2.28. The zero-order valence-corrected chi connectivity index (χ0v) is 15.0. The molecule has 1 rings (SSSR count). The van der Waals surface area contributed by atoms with Crippen molar-refractivity contribution in [3.63, 3.8) is 0 Å². The summed E-state index contributed by atoms with van der Waals surface area (Å²) >= 11 is 3.60. The zero-order valence-electron chi connectivity index (χ0n) is 13.4. The van der Waals surface area contributed by atoms with Gasteiger partial charge in [-0.05, 0) is 50.6 Å². The van der Waals surface area contributed by atoms with Crippen LogP contribution in [0.3, 0.4) is 0 Å². The SMILES string of the molecule is CCCCN(CCCC)c1ccc(Br)cc1C(C)NC. The van der Waals surface area contributed by atoms with Crippen LogP contribution in [-0.2, 0) is 0 Å². The highest BCUT2D eigenvalue weighted by Crippen LogP contribution is 2.30. The maximum atomic E-state index is 3.60. The molecule has 2 nitrogen and oxygen atoms in total. The number of unbranched alkanes of at least 4 members (excludes halogenated alkanes) is 2. The number of benzene rings is 1. The lowest BCUT2D eigenvalue weighted by molar-refractivity contribution is 0.634. The molecule has 0 spiro atoms. The highest BCUT2D eigenvalue weighted by molar-refractivity contribution is 9.10. The second-order valence-corrected chi connectivity index (χ2v) is 6.32. The first-order valence-electron chi connectivity index (χ1n) is 7.85. The second-order valence-electron chi connectivity index (χ2n) is 5.41. The molecule has 0 aliphatic carbocycles. The average Bonchev–Trinajstić information content (AvgIpc) is 2.47. The summed E-state index contributed by atoms with van der Waals surface area (Å²) in [5, 5.41) is 3.37. The molecule has 1 aromatic carbocycles. The molecule has 0 amide bonds. The minimum absolute atomic E-state index is 0.369. The molecule has 20 heavy (non-hydrogen) atoms. The summed E-state index contributed by atoms with van der Waals surface area (Å²) in [6.07, 6.45) is 5.01. The summed E-state index contributed by atoms with van der Waals surface area (Å²) in [7, 11) is 2.03. The van der Waals surface area contributed by atoms with Gasteiger partial charge in [0, 0.05) is 29.3 Å². The van der Waals surface area contributed by atoms with Gasteiger partial charge < -0.3 is 10.2 Å². The molecule has 1 atom stereocenters. The third-order valence-corrected chi connectivity index (χ3v) is 4.29. The van der Waals surface area contributed by atoms with Crippen molar-refractivity contribution in [3.05, 3.63) is 28.2 Å². The van der Waals surface area contributed by atoms with Gasteiger partial charge in [-0.2, -0.15) is 0 Å². The molecule has 0 aliphatic heterocycles. The highest BCUT2D eigenvalue weighted by Gasteiger charge is 2.15. The van der Waals surface area contributed by atoms with Crippen LogP contribution >= 0.6 is 15.9 Å². The largest absolute Gasteiger partial charge is 0.371 e. The topological polar surface area (TPSA) is 15.3 Å². The molecule has 0 aliphatic rings. The lowest BCUT2D eigenvalue weighted by atomic mass is 10.0. The fourth-order valence-electron chi connectivity index (χ4n) is 2.37. The van der Waals surface area contributed by atoms with Crippen LogP contribution in [0.5, 0.6) is 0 Å². The maximum absolute atomic E-state index is 3.60. The van der Waals surface area contributed by atoms with Gasteiger partial charge in [-0.3, -0.25) is 0 Å². The fourth-order valence-corrected chi connectivity index (χ4v) is 2.75. The molecule has 1 unspecified atom stereocenters. The molecule has 0 radical (unpaired) electrons. The molecule has 0 bridgehead atoms. The molecular weight excluding hydrogens is 312 g/mol. The van der Waals surface area contributed by atoms with Crippen LogP contribution in [0.4, 0.5) is 5.69 Å². The summed E-state index contributed by atoms with van der Waals surface area (Å²) in [5.41, 5.74) is 2.77. The fraction of sp³-hybridized carbons (Fsp3) is 0.647. The van der Waals surface area contributed by atoms with Crippen LogP contribution in [-0.4, -0.2) is 20.1 Å². The molecule has 0 aromatic heterocycles. The van der Waals surface area contributed by atoms with Gasteiger partial charge >= 0.3 is 0 Å². The van der Waals surface area contributed by atoms with E-state index in [1.165, 1.54) is 36.9 Å². The van der Waals surface area contributed by atoms with Crippen LogP contribution in [0.15, 0.2) is 22.7 Å². The Morgan fingerprint density at radius 3 is 2.25 bits per heavy atom. The third-order valence-electron chi connectivity index (χ3n) is 3.79. The standard InChI is InChI=1S/C17H29BrN2/c1-5-7-11-20(12-8-6-2)17-10-9-15(18)13-16(17)14(3)19-4/h9-10,13-14,19H,5-8,11-12H2,1-4H3. The van der Waals surface area contributed by atoms with E-state index in [1.807, 2.05) is 7.05 Å². The van der Waals surface area contributed by atoms with Crippen LogP contribution in [0, 0.1) is 0 Å². The number of rotatable bonds is 9. The van der Waals surface area contributed by atoms with Crippen LogP contribution < -0.4 is 10.2 Å². The Hall–Kier alpha value is -0.540. The number of hydrogen-bond donors (Lipinski definition) is 1. The molecule has 1 N–H and O–H groups in total. The molecule has 3 heteroatoms. The number of hydrogen-bond acceptors (Lipinski definition) is 2. The maximum Gasteiger partial charge on any atom is 0.0415 e. The molecule has 114 valence electrons. The van der Waals surface area contributed by atoms with Crippen molar-refractivity contribution in [2.75, 3.05) is 25.0 Å². The molecule has 1 aromatic rings. The third kappa shape index (κ3) is 5.10. The Balaban J connectivity index is 3.03. The Bertz CT molecular complexity index is 385. The van der Waals surface area contributed by atoms with E-state index in [4.69, 9.17) is 0 Å². The molecule has 0 saturated carbocycles. The summed E-state index contributed by atoms with van der Waals surface area (Å²) < 4.78 is 1.16. The van der Waals surface area contributed by atoms with Crippen molar-refractivity contribution in [2.45, 2.75) is 52.5 Å². The summed E-state index contributed by atoms with van der Waals surface area (Å²) in [6, 6.07) is 7.04. The number of halogens is 1. The predicted octanol–water partition coefficient (Wildman–Crippen LogP) is 5.14. The van der Waals surface area contributed by atoms with Gasteiger partial charge in [0.2, 0.25) is 0 Å². The van der Waals surface area contributed by atoms with E-state index in [2.05, 4.69) is 65.1 Å². The average molecular weight is 341 g/mol. The smallest absolute Gasteiger partial charge is 0.0415 e. The number of nitrogens with zero attached hydrogens (tertiary/aromatic N) is 1. The molecule has 0 heterocycles. The van der Waals surface area contributed by atoms with E-state index in [1.54, 1.807) is 0 Å². The normalized spacial score (nSPS) is 12.4. The number of nitrogens with one attached hydrogen (secondary N) is 1. The summed E-state index contributed by atoms with van der Waals surface area (Å²) in [6.45, 7) is 9.06. The first-order chi connectivity index (χ1) is 9.63. The van der Waals surface area contributed by atoms with E-state index in [0.29, 0.717) is 6.04 Å². The van der Waals surface area contributed by atoms with Crippen LogP contribution in [0.1, 0.15) is 58.1 Å². The van der Waals surface area contributed by atoms with E-state index < -0.39 is 0 Å². The van der Waals surface area contributed by atoms with E-state index in [9.17, 15) is 0 Å². The lowest BCUT2D eigenvalue weighted by Gasteiger charge is -2.29. The first kappa shape index (κ1) is 17.5. The van der Waals surface area contributed by atoms with Gasteiger partial charge in [0.05, 0.1) is 0 Å². The zero-order chi connectivity index (χ0) is 15.0. The Labute approximate surface area is 133 Å². The molecule has 0 fully saturated rings. The van der Waals surface area contributed by atoms with Gasteiger partial charge in [-0.1, -0.05) is 42.6 Å². The van der Waals surface area contributed by atoms with Crippen molar-refractivity contribution in [1.29, 1.82) is 0 Å². The van der Waals surface area contributed by atoms with E-state index in [-0.39, 0.29) is 0 Å². The Kier molecular flexibility index (Phi) is 8.24. The van der Waals surface area contributed by atoms with Gasteiger partial charge in [-0.25, -0.2) is 0 Å². The minimum atomic E-state index is 0.369. The van der Waals surface area contributed by atoms with E-state index in [0.717, 1.165) is 17.6 Å². The summed E-state index contributed by atoms with van der Waals surface area (Å²) in [5.74, 6) is 0. The van der Waals surface area contributed by atoms with Crippen molar-refractivity contribution >= 4 is 21.6 Å². The van der Waals surface area contributed by atoms with Crippen molar-refractivity contribution in [3.8, 4) is 0 Å². The van der Waals surface area contributed by atoms with Crippen molar-refractivity contribution < 1.29 is 0 Å². The Morgan fingerprint density at radius 1 is 1.15 bits per heavy atom.